The zero-order chi connectivity index (χ0) is 10.7. The van der Waals surface area contributed by atoms with Crippen LogP contribution in [-0.4, -0.2) is 28.7 Å². The molecule has 5 nitrogen and oxygen atoms in total. The SMILES string of the molecule is Cc1nnc(CCN=C(N)NC2CC2)s1. The molecule has 1 aliphatic rings. The molecule has 3 N–H and O–H groups in total. The molecule has 0 bridgehead atoms. The molecule has 6 heteroatoms. The van der Waals surface area contributed by atoms with Crippen molar-refractivity contribution in [1.29, 1.82) is 0 Å². The van der Waals surface area contributed by atoms with E-state index in [-0.39, 0.29) is 0 Å². The van der Waals surface area contributed by atoms with Gasteiger partial charge in [-0.05, 0) is 19.8 Å². The second-order valence-corrected chi connectivity index (χ2v) is 4.92. The first kappa shape index (κ1) is 10.4. The van der Waals surface area contributed by atoms with Gasteiger partial charge in [0.1, 0.15) is 10.0 Å². The maximum atomic E-state index is 5.69. The molecule has 0 atom stereocenters. The predicted octanol–water partition coefficient (Wildman–Crippen LogP) is 0.456. The van der Waals surface area contributed by atoms with Crippen LogP contribution in [0.1, 0.15) is 22.9 Å². The lowest BCUT2D eigenvalue weighted by Gasteiger charge is -2.01. The quantitative estimate of drug-likeness (QED) is 0.576. The summed E-state index contributed by atoms with van der Waals surface area (Å²) in [5.41, 5.74) is 5.69. The molecule has 2 rings (SSSR count). The van der Waals surface area contributed by atoms with Crippen LogP contribution in [0.2, 0.25) is 0 Å². The lowest BCUT2D eigenvalue weighted by molar-refractivity contribution is 0.859. The topological polar surface area (TPSA) is 76.2 Å². The van der Waals surface area contributed by atoms with Crippen LogP contribution in [0.5, 0.6) is 0 Å². The fourth-order valence-corrected chi connectivity index (χ4v) is 1.89. The first-order valence-electron chi connectivity index (χ1n) is 5.09. The third kappa shape index (κ3) is 3.47. The van der Waals surface area contributed by atoms with Crippen LogP contribution < -0.4 is 11.1 Å². The van der Waals surface area contributed by atoms with Crippen molar-refractivity contribution in [2.45, 2.75) is 32.2 Å². The second kappa shape index (κ2) is 4.57. The molecule has 82 valence electrons. The lowest BCUT2D eigenvalue weighted by atomic mass is 10.4. The number of nitrogens with one attached hydrogen (secondary N) is 1. The Bertz CT molecular complexity index is 355. The number of aromatic nitrogens is 2. The lowest BCUT2D eigenvalue weighted by Crippen LogP contribution is -2.33. The number of hydrogen-bond donors (Lipinski definition) is 2. The zero-order valence-electron chi connectivity index (χ0n) is 8.73. The van der Waals surface area contributed by atoms with Gasteiger partial charge in [0.05, 0.1) is 0 Å². The fourth-order valence-electron chi connectivity index (χ4n) is 1.19. The number of guanidine groups is 1. The number of nitrogens with zero attached hydrogens (tertiary/aromatic N) is 3. The van der Waals surface area contributed by atoms with Crippen LogP contribution in [-0.2, 0) is 6.42 Å². The van der Waals surface area contributed by atoms with E-state index in [2.05, 4.69) is 20.5 Å². The summed E-state index contributed by atoms with van der Waals surface area (Å²) in [6.45, 7) is 2.63. The molecule has 0 saturated heterocycles. The third-order valence-electron chi connectivity index (χ3n) is 2.11. The molecule has 0 spiro atoms. The maximum Gasteiger partial charge on any atom is 0.188 e. The number of aryl methyl sites for hydroxylation is 1. The van der Waals surface area contributed by atoms with Crippen molar-refractivity contribution >= 4 is 17.3 Å². The van der Waals surface area contributed by atoms with E-state index in [1.165, 1.54) is 12.8 Å². The second-order valence-electron chi connectivity index (χ2n) is 3.65. The summed E-state index contributed by atoms with van der Waals surface area (Å²) >= 11 is 1.61. The van der Waals surface area contributed by atoms with Gasteiger partial charge in [-0.15, -0.1) is 21.5 Å². The highest BCUT2D eigenvalue weighted by Gasteiger charge is 2.21. The fraction of sp³-hybridized carbons (Fsp3) is 0.667. The van der Waals surface area contributed by atoms with E-state index in [4.69, 9.17) is 5.73 Å². The van der Waals surface area contributed by atoms with Crippen molar-refractivity contribution in [2.24, 2.45) is 10.7 Å². The monoisotopic (exact) mass is 225 g/mol. The van der Waals surface area contributed by atoms with Crippen molar-refractivity contribution in [2.75, 3.05) is 6.54 Å². The van der Waals surface area contributed by atoms with Gasteiger partial charge in [-0.25, -0.2) is 0 Å². The molecule has 0 amide bonds. The van der Waals surface area contributed by atoms with E-state index in [1.807, 2.05) is 6.92 Å². The number of hydrogen-bond acceptors (Lipinski definition) is 4. The van der Waals surface area contributed by atoms with Crippen LogP contribution in [0, 0.1) is 6.92 Å². The summed E-state index contributed by atoms with van der Waals surface area (Å²) in [6.07, 6.45) is 3.25. The Morgan fingerprint density at radius 3 is 3.00 bits per heavy atom. The molecule has 1 aromatic rings. The molecule has 0 radical (unpaired) electrons. The van der Waals surface area contributed by atoms with Gasteiger partial charge in [-0.3, -0.25) is 4.99 Å². The Hall–Kier alpha value is -1.17. The van der Waals surface area contributed by atoms with Crippen LogP contribution in [0.4, 0.5) is 0 Å². The minimum Gasteiger partial charge on any atom is -0.370 e. The molecule has 0 aliphatic heterocycles. The maximum absolute atomic E-state index is 5.69. The van der Waals surface area contributed by atoms with E-state index in [1.54, 1.807) is 11.3 Å². The van der Waals surface area contributed by atoms with Gasteiger partial charge in [0.15, 0.2) is 5.96 Å². The zero-order valence-corrected chi connectivity index (χ0v) is 9.55. The van der Waals surface area contributed by atoms with Gasteiger partial charge in [-0.1, -0.05) is 0 Å². The minimum absolute atomic E-state index is 0.554. The van der Waals surface area contributed by atoms with Crippen LogP contribution in [0.3, 0.4) is 0 Å². The van der Waals surface area contributed by atoms with Gasteiger partial charge < -0.3 is 11.1 Å². The summed E-state index contributed by atoms with van der Waals surface area (Å²) in [7, 11) is 0. The Morgan fingerprint density at radius 1 is 1.60 bits per heavy atom. The Balaban J connectivity index is 1.72. The average molecular weight is 225 g/mol. The predicted molar refractivity (Wildman–Crippen MR) is 61.0 cm³/mol. The Morgan fingerprint density at radius 2 is 2.40 bits per heavy atom. The normalized spacial score (nSPS) is 16.7. The van der Waals surface area contributed by atoms with Gasteiger partial charge >= 0.3 is 0 Å². The van der Waals surface area contributed by atoms with Crippen molar-refractivity contribution in [3.63, 3.8) is 0 Å². The van der Waals surface area contributed by atoms with Gasteiger partial charge in [-0.2, -0.15) is 0 Å². The summed E-state index contributed by atoms with van der Waals surface area (Å²) in [6, 6.07) is 0.567. The van der Waals surface area contributed by atoms with Crippen LogP contribution in [0.15, 0.2) is 4.99 Å². The van der Waals surface area contributed by atoms with E-state index >= 15 is 0 Å². The molecule has 1 aliphatic carbocycles. The summed E-state index contributed by atoms with van der Waals surface area (Å²) in [5, 5.41) is 13.1. The van der Waals surface area contributed by atoms with E-state index in [9.17, 15) is 0 Å². The minimum atomic E-state index is 0.554. The van der Waals surface area contributed by atoms with Crippen molar-refractivity contribution < 1.29 is 0 Å². The van der Waals surface area contributed by atoms with Crippen molar-refractivity contribution in [3.8, 4) is 0 Å². The van der Waals surface area contributed by atoms with Gasteiger partial charge in [0.2, 0.25) is 0 Å². The Kier molecular flexibility index (Phi) is 3.15. The molecule has 1 heterocycles. The number of rotatable bonds is 4. The largest absolute Gasteiger partial charge is 0.370 e. The molecular formula is C9H15N5S. The smallest absolute Gasteiger partial charge is 0.188 e. The highest BCUT2D eigenvalue weighted by Crippen LogP contribution is 2.18. The molecular weight excluding hydrogens is 210 g/mol. The molecule has 0 unspecified atom stereocenters. The highest BCUT2D eigenvalue weighted by molar-refractivity contribution is 7.11. The Labute approximate surface area is 92.8 Å². The summed E-state index contributed by atoms with van der Waals surface area (Å²) in [4.78, 5) is 4.23. The molecule has 1 aromatic heterocycles. The first-order valence-corrected chi connectivity index (χ1v) is 5.91. The molecule has 1 saturated carbocycles. The van der Waals surface area contributed by atoms with Crippen LogP contribution >= 0.6 is 11.3 Å². The standard InChI is InChI=1S/C9H15N5S/c1-6-13-14-8(15-6)4-5-11-9(10)12-7-2-3-7/h7H,2-5H2,1H3,(H3,10,11,12). The van der Waals surface area contributed by atoms with E-state index in [0.29, 0.717) is 18.5 Å². The molecule has 1 fully saturated rings. The highest BCUT2D eigenvalue weighted by atomic mass is 32.1. The molecule has 15 heavy (non-hydrogen) atoms. The van der Waals surface area contributed by atoms with Crippen molar-refractivity contribution in [3.05, 3.63) is 10.0 Å². The first-order chi connectivity index (χ1) is 7.24. The molecule has 0 aromatic carbocycles. The van der Waals surface area contributed by atoms with Gasteiger partial charge in [0, 0.05) is 19.0 Å². The van der Waals surface area contributed by atoms with Gasteiger partial charge in [0.25, 0.3) is 0 Å². The summed E-state index contributed by atoms with van der Waals surface area (Å²) in [5.74, 6) is 0.554. The number of nitrogens with two attached hydrogens (primary N) is 1. The van der Waals surface area contributed by atoms with E-state index < -0.39 is 0 Å². The number of aliphatic imine (C=N–C) groups is 1. The van der Waals surface area contributed by atoms with Crippen LogP contribution in [0.25, 0.3) is 0 Å². The van der Waals surface area contributed by atoms with Crippen molar-refractivity contribution in [1.82, 2.24) is 15.5 Å². The summed E-state index contributed by atoms with van der Waals surface area (Å²) < 4.78 is 0. The van der Waals surface area contributed by atoms with E-state index in [0.717, 1.165) is 16.4 Å². The third-order valence-corrected chi connectivity index (χ3v) is 3.00. The average Bonchev–Trinajstić information content (AvgIpc) is 2.89.